The molecule has 17 heavy (non-hydrogen) atoms. The Morgan fingerprint density at radius 2 is 2.12 bits per heavy atom. The van der Waals surface area contributed by atoms with Crippen LogP contribution < -0.4 is 11.1 Å². The normalized spacial score (nSPS) is 12.4. The molecule has 2 aromatic rings. The zero-order chi connectivity index (χ0) is 12.3. The van der Waals surface area contributed by atoms with Crippen LogP contribution in [0.5, 0.6) is 0 Å². The number of halogens is 1. The Bertz CT molecular complexity index is 478. The summed E-state index contributed by atoms with van der Waals surface area (Å²) in [5, 5.41) is 7.34. The molecule has 3 N–H and O–H groups in total. The number of anilines is 1. The molecule has 1 aromatic heterocycles. The van der Waals surface area contributed by atoms with Gasteiger partial charge in [0.2, 0.25) is 0 Å². The summed E-state index contributed by atoms with van der Waals surface area (Å²) in [7, 11) is 1.86. The molecule has 0 amide bonds. The van der Waals surface area contributed by atoms with Gasteiger partial charge in [-0.1, -0.05) is 0 Å². The highest BCUT2D eigenvalue weighted by molar-refractivity contribution is 5.45. The maximum absolute atomic E-state index is 12.8. The Kier molecular flexibility index (Phi) is 3.39. The fraction of sp³-hybridized carbons (Fsp3) is 0.250. The second-order valence-corrected chi connectivity index (χ2v) is 3.89. The van der Waals surface area contributed by atoms with Gasteiger partial charge in [-0.25, -0.2) is 4.39 Å². The molecule has 1 atom stereocenters. The minimum atomic E-state index is -0.249. The van der Waals surface area contributed by atoms with Gasteiger partial charge < -0.3 is 11.1 Å². The smallest absolute Gasteiger partial charge is 0.123 e. The molecule has 0 aliphatic carbocycles. The van der Waals surface area contributed by atoms with Crippen molar-refractivity contribution in [3.8, 4) is 0 Å². The highest BCUT2D eigenvalue weighted by Crippen LogP contribution is 2.18. The van der Waals surface area contributed by atoms with Gasteiger partial charge in [-0.05, 0) is 24.3 Å². The maximum atomic E-state index is 12.8. The van der Waals surface area contributed by atoms with Crippen molar-refractivity contribution in [1.29, 1.82) is 0 Å². The Morgan fingerprint density at radius 1 is 1.41 bits per heavy atom. The average Bonchev–Trinajstić information content (AvgIpc) is 2.75. The van der Waals surface area contributed by atoms with E-state index >= 15 is 0 Å². The number of hydrogen-bond donors (Lipinski definition) is 2. The van der Waals surface area contributed by atoms with Crippen LogP contribution in [0.15, 0.2) is 36.7 Å². The van der Waals surface area contributed by atoms with E-state index in [0.29, 0.717) is 6.54 Å². The zero-order valence-corrected chi connectivity index (χ0v) is 9.60. The molecule has 2 rings (SSSR count). The molecule has 0 aliphatic heterocycles. The van der Waals surface area contributed by atoms with Crippen molar-refractivity contribution in [2.45, 2.75) is 6.04 Å². The highest BCUT2D eigenvalue weighted by atomic mass is 19.1. The Hall–Kier alpha value is -1.88. The molecule has 90 valence electrons. The molecule has 0 aliphatic rings. The van der Waals surface area contributed by atoms with Crippen LogP contribution in [0.1, 0.15) is 11.6 Å². The number of nitrogens with zero attached hydrogens (tertiary/aromatic N) is 2. The molecule has 1 aromatic carbocycles. The van der Waals surface area contributed by atoms with E-state index in [0.717, 1.165) is 11.3 Å². The van der Waals surface area contributed by atoms with Gasteiger partial charge in [0.05, 0.1) is 12.2 Å². The first kappa shape index (κ1) is 11.6. The van der Waals surface area contributed by atoms with Gasteiger partial charge in [0.25, 0.3) is 0 Å². The van der Waals surface area contributed by atoms with E-state index in [1.165, 1.54) is 12.1 Å². The summed E-state index contributed by atoms with van der Waals surface area (Å²) < 4.78 is 14.5. The van der Waals surface area contributed by atoms with Gasteiger partial charge in [0, 0.05) is 31.0 Å². The molecule has 0 radical (unpaired) electrons. The first-order chi connectivity index (χ1) is 8.19. The Morgan fingerprint density at radius 3 is 2.65 bits per heavy atom. The van der Waals surface area contributed by atoms with Gasteiger partial charge >= 0.3 is 0 Å². The fourth-order valence-corrected chi connectivity index (χ4v) is 1.65. The maximum Gasteiger partial charge on any atom is 0.123 e. The van der Waals surface area contributed by atoms with Crippen molar-refractivity contribution in [3.63, 3.8) is 0 Å². The summed E-state index contributed by atoms with van der Waals surface area (Å²) in [6, 6.07) is 6.19. The van der Waals surface area contributed by atoms with Crippen LogP contribution in [-0.4, -0.2) is 16.3 Å². The molecule has 5 heteroatoms. The quantitative estimate of drug-likeness (QED) is 0.846. The molecule has 4 nitrogen and oxygen atoms in total. The van der Waals surface area contributed by atoms with Crippen LogP contribution in [-0.2, 0) is 7.05 Å². The SMILES string of the molecule is Cn1cc(C(CN)Nc2ccc(F)cc2)cn1. The van der Waals surface area contributed by atoms with Gasteiger partial charge in [-0.15, -0.1) is 0 Å². The fourth-order valence-electron chi connectivity index (χ4n) is 1.65. The van der Waals surface area contributed by atoms with Gasteiger partial charge in [-0.2, -0.15) is 5.10 Å². The van der Waals surface area contributed by atoms with Crippen molar-refractivity contribution >= 4 is 5.69 Å². The molecule has 0 saturated carbocycles. The van der Waals surface area contributed by atoms with E-state index in [9.17, 15) is 4.39 Å². The molecule has 0 spiro atoms. The number of nitrogens with two attached hydrogens (primary N) is 1. The van der Waals surface area contributed by atoms with Crippen molar-refractivity contribution in [3.05, 3.63) is 48.0 Å². The topological polar surface area (TPSA) is 55.9 Å². The second kappa shape index (κ2) is 4.97. The second-order valence-electron chi connectivity index (χ2n) is 3.89. The first-order valence-corrected chi connectivity index (χ1v) is 5.40. The standard InChI is InChI=1S/C12H15FN4/c1-17-8-9(7-15-17)12(6-14)16-11-4-2-10(13)3-5-11/h2-5,7-8,12,16H,6,14H2,1H3. The lowest BCUT2D eigenvalue weighted by Crippen LogP contribution is -2.20. The molecule has 0 bridgehead atoms. The van der Waals surface area contributed by atoms with Crippen LogP contribution in [0, 0.1) is 5.82 Å². The number of aryl methyl sites for hydroxylation is 1. The number of aromatic nitrogens is 2. The number of benzene rings is 1. The summed E-state index contributed by atoms with van der Waals surface area (Å²) in [6.45, 7) is 0.447. The molecular weight excluding hydrogens is 219 g/mol. The largest absolute Gasteiger partial charge is 0.377 e. The average molecular weight is 234 g/mol. The van der Waals surface area contributed by atoms with Crippen LogP contribution >= 0.6 is 0 Å². The third-order valence-electron chi connectivity index (χ3n) is 2.55. The lowest BCUT2D eigenvalue weighted by atomic mass is 10.1. The van der Waals surface area contributed by atoms with Crippen LogP contribution in [0.25, 0.3) is 0 Å². The minimum absolute atomic E-state index is 0.0193. The molecular formula is C12H15FN4. The molecule has 0 fully saturated rings. The van der Waals surface area contributed by atoms with Gasteiger partial charge in [-0.3, -0.25) is 4.68 Å². The third-order valence-corrected chi connectivity index (χ3v) is 2.55. The molecule has 0 saturated heterocycles. The zero-order valence-electron chi connectivity index (χ0n) is 9.60. The van der Waals surface area contributed by atoms with Crippen molar-refractivity contribution in [2.75, 3.05) is 11.9 Å². The Balaban J connectivity index is 2.12. The van der Waals surface area contributed by atoms with Crippen molar-refractivity contribution < 1.29 is 4.39 Å². The van der Waals surface area contributed by atoms with Crippen molar-refractivity contribution in [2.24, 2.45) is 12.8 Å². The molecule has 1 heterocycles. The lowest BCUT2D eigenvalue weighted by Gasteiger charge is -2.16. The number of hydrogen-bond acceptors (Lipinski definition) is 3. The van der Waals surface area contributed by atoms with E-state index < -0.39 is 0 Å². The highest BCUT2D eigenvalue weighted by Gasteiger charge is 2.11. The summed E-state index contributed by atoms with van der Waals surface area (Å²) in [5.74, 6) is -0.249. The monoisotopic (exact) mass is 234 g/mol. The van der Waals surface area contributed by atoms with Crippen molar-refractivity contribution in [1.82, 2.24) is 9.78 Å². The van der Waals surface area contributed by atoms with Crippen LogP contribution in [0.2, 0.25) is 0 Å². The van der Waals surface area contributed by atoms with E-state index in [2.05, 4.69) is 10.4 Å². The van der Waals surface area contributed by atoms with Gasteiger partial charge in [0.15, 0.2) is 0 Å². The predicted octanol–water partition coefficient (Wildman–Crippen LogP) is 1.67. The summed E-state index contributed by atoms with van der Waals surface area (Å²) in [5.41, 5.74) is 7.57. The molecule has 1 unspecified atom stereocenters. The summed E-state index contributed by atoms with van der Waals surface area (Å²) in [4.78, 5) is 0. The van der Waals surface area contributed by atoms with E-state index in [1.54, 1.807) is 23.0 Å². The first-order valence-electron chi connectivity index (χ1n) is 5.40. The number of rotatable bonds is 4. The number of nitrogens with one attached hydrogen (secondary N) is 1. The lowest BCUT2D eigenvalue weighted by molar-refractivity contribution is 0.628. The minimum Gasteiger partial charge on any atom is -0.377 e. The van der Waals surface area contributed by atoms with E-state index in [4.69, 9.17) is 5.73 Å². The summed E-state index contributed by atoms with van der Waals surface area (Å²) >= 11 is 0. The van der Waals surface area contributed by atoms with Crippen LogP contribution in [0.3, 0.4) is 0 Å². The predicted molar refractivity (Wildman–Crippen MR) is 65.0 cm³/mol. The van der Waals surface area contributed by atoms with E-state index in [-0.39, 0.29) is 11.9 Å². The van der Waals surface area contributed by atoms with Crippen LogP contribution in [0.4, 0.5) is 10.1 Å². The third kappa shape index (κ3) is 2.82. The Labute approximate surface area is 99.2 Å². The van der Waals surface area contributed by atoms with E-state index in [1.807, 2.05) is 13.2 Å². The summed E-state index contributed by atoms with van der Waals surface area (Å²) in [6.07, 6.45) is 3.68. The van der Waals surface area contributed by atoms with Gasteiger partial charge in [0.1, 0.15) is 5.82 Å².